The molecule has 2 aliphatic heterocycles. The van der Waals surface area contributed by atoms with Crippen molar-refractivity contribution in [3.05, 3.63) is 52.9 Å². The summed E-state index contributed by atoms with van der Waals surface area (Å²) in [4.78, 5) is 16.7. The van der Waals surface area contributed by atoms with Crippen LogP contribution in [0, 0.1) is 19.3 Å². The second kappa shape index (κ2) is 8.16. The number of nitrogens with zero attached hydrogens (tertiary/aromatic N) is 4. The van der Waals surface area contributed by atoms with Gasteiger partial charge in [-0.15, -0.1) is 16.9 Å². The molecule has 0 saturated heterocycles. The molecule has 0 unspecified atom stereocenters. The number of nitrogens with one attached hydrogen (secondary N) is 1. The summed E-state index contributed by atoms with van der Waals surface area (Å²) in [5, 5.41) is 14.7. The van der Waals surface area contributed by atoms with E-state index >= 15 is 0 Å². The minimum absolute atomic E-state index is 0.0485. The predicted octanol–water partition coefficient (Wildman–Crippen LogP) is 4.43. The van der Waals surface area contributed by atoms with Crippen LogP contribution in [0.25, 0.3) is 11.8 Å². The summed E-state index contributed by atoms with van der Waals surface area (Å²) < 4.78 is 8.41. The van der Waals surface area contributed by atoms with Crippen LogP contribution in [0.5, 0.6) is 5.75 Å². The number of benzene rings is 1. The number of amidine groups is 2. The Morgan fingerprint density at radius 1 is 1.27 bits per heavy atom. The molecule has 1 amide bonds. The molecular formula is C21H21N5O2S2. The maximum absolute atomic E-state index is 12.6. The van der Waals surface area contributed by atoms with Crippen molar-refractivity contribution in [3.8, 4) is 11.4 Å². The SMILES string of the molecule is CCOc1ccc(-n2c(C)cc(C=C3C(=N)N4N=C(SC)SC4=NC3=O)c2C)cc1. The van der Waals surface area contributed by atoms with Crippen LogP contribution in [0.4, 0.5) is 0 Å². The second-order valence-electron chi connectivity index (χ2n) is 6.68. The number of thioether (sulfide) groups is 2. The molecule has 0 bridgehead atoms. The fraction of sp³-hybridized carbons (Fsp3) is 0.238. The van der Waals surface area contributed by atoms with E-state index in [-0.39, 0.29) is 11.4 Å². The van der Waals surface area contributed by atoms with Gasteiger partial charge in [-0.25, -0.2) is 0 Å². The minimum Gasteiger partial charge on any atom is -0.494 e. The Bertz CT molecular complexity index is 1130. The summed E-state index contributed by atoms with van der Waals surface area (Å²) in [6.45, 7) is 6.60. The molecule has 30 heavy (non-hydrogen) atoms. The zero-order valence-corrected chi connectivity index (χ0v) is 18.7. The van der Waals surface area contributed by atoms with Crippen molar-refractivity contribution >= 4 is 50.9 Å². The number of hydrazone groups is 1. The van der Waals surface area contributed by atoms with E-state index < -0.39 is 5.91 Å². The molecule has 1 aromatic carbocycles. The van der Waals surface area contributed by atoms with Crippen molar-refractivity contribution in [2.75, 3.05) is 12.9 Å². The molecule has 1 N–H and O–H groups in total. The number of ether oxygens (including phenoxy) is 1. The molecule has 1 aromatic heterocycles. The molecule has 3 heterocycles. The van der Waals surface area contributed by atoms with Gasteiger partial charge < -0.3 is 9.30 Å². The normalized spacial score (nSPS) is 17.3. The van der Waals surface area contributed by atoms with Gasteiger partial charge in [-0.3, -0.25) is 10.2 Å². The van der Waals surface area contributed by atoms with Crippen LogP contribution in [0.2, 0.25) is 0 Å². The van der Waals surface area contributed by atoms with Crippen molar-refractivity contribution in [2.45, 2.75) is 20.8 Å². The average molecular weight is 440 g/mol. The number of carbonyl (C=O) groups excluding carboxylic acids is 1. The molecule has 0 spiro atoms. The maximum atomic E-state index is 12.6. The van der Waals surface area contributed by atoms with Crippen molar-refractivity contribution in [1.82, 2.24) is 9.58 Å². The van der Waals surface area contributed by atoms with E-state index in [1.165, 1.54) is 28.5 Å². The quantitative estimate of drug-likeness (QED) is 0.713. The topological polar surface area (TPSA) is 83.0 Å². The molecule has 4 rings (SSSR count). The lowest BCUT2D eigenvalue weighted by molar-refractivity contribution is -0.114. The van der Waals surface area contributed by atoms with Gasteiger partial charge in [0.25, 0.3) is 5.91 Å². The molecule has 2 aliphatic rings. The van der Waals surface area contributed by atoms with Crippen LogP contribution >= 0.6 is 23.5 Å². The van der Waals surface area contributed by atoms with Crippen LogP contribution in [0.15, 0.2) is 46.0 Å². The molecule has 0 aliphatic carbocycles. The van der Waals surface area contributed by atoms with Crippen LogP contribution in [0.1, 0.15) is 23.9 Å². The largest absolute Gasteiger partial charge is 0.494 e. The lowest BCUT2D eigenvalue weighted by atomic mass is 10.1. The lowest BCUT2D eigenvalue weighted by Gasteiger charge is -2.20. The Hall–Kier alpha value is -2.78. The smallest absolute Gasteiger partial charge is 0.283 e. The van der Waals surface area contributed by atoms with Gasteiger partial charge in [0.15, 0.2) is 10.2 Å². The molecule has 9 heteroatoms. The first-order valence-electron chi connectivity index (χ1n) is 9.39. The zero-order chi connectivity index (χ0) is 21.4. The maximum Gasteiger partial charge on any atom is 0.283 e. The lowest BCUT2D eigenvalue weighted by Crippen LogP contribution is -2.35. The van der Waals surface area contributed by atoms with Crippen LogP contribution in [0.3, 0.4) is 0 Å². The van der Waals surface area contributed by atoms with Crippen LogP contribution in [-0.4, -0.2) is 43.7 Å². The monoisotopic (exact) mass is 439 g/mol. The van der Waals surface area contributed by atoms with Crippen LogP contribution in [-0.2, 0) is 4.79 Å². The average Bonchev–Trinajstić information content (AvgIpc) is 3.26. The van der Waals surface area contributed by atoms with Crippen molar-refractivity contribution < 1.29 is 9.53 Å². The molecule has 0 radical (unpaired) electrons. The van der Waals surface area contributed by atoms with Gasteiger partial charge in [0.1, 0.15) is 5.75 Å². The Morgan fingerprint density at radius 2 is 2.00 bits per heavy atom. The standard InChI is InChI=1S/C21H21N5O2S2/c1-5-28-16-8-6-15(7-9-16)25-12(2)10-14(13(25)3)11-17-18(22)26-20(23-19(17)27)30-21(24-26)29-4/h6-11,22H,5H2,1-4H3. The highest BCUT2D eigenvalue weighted by Crippen LogP contribution is 2.32. The van der Waals surface area contributed by atoms with Crippen molar-refractivity contribution in [1.29, 1.82) is 5.41 Å². The van der Waals surface area contributed by atoms with Gasteiger partial charge in [-0.05, 0) is 80.8 Å². The molecule has 2 aromatic rings. The summed E-state index contributed by atoms with van der Waals surface area (Å²) in [5.41, 5.74) is 4.12. The van der Waals surface area contributed by atoms with E-state index in [0.717, 1.165) is 32.8 Å². The molecule has 0 saturated carbocycles. The number of hydrogen-bond acceptors (Lipinski definition) is 6. The summed E-state index contributed by atoms with van der Waals surface area (Å²) in [5.74, 6) is 0.462. The molecule has 0 atom stereocenters. The number of aliphatic imine (C=N–C) groups is 1. The van der Waals surface area contributed by atoms with Crippen molar-refractivity contribution in [3.63, 3.8) is 0 Å². The number of aryl methyl sites for hydroxylation is 1. The van der Waals surface area contributed by atoms with Gasteiger partial charge in [-0.1, -0.05) is 0 Å². The molecule has 7 nitrogen and oxygen atoms in total. The van der Waals surface area contributed by atoms with Gasteiger partial charge in [0, 0.05) is 17.1 Å². The molecular weight excluding hydrogens is 418 g/mol. The summed E-state index contributed by atoms with van der Waals surface area (Å²) >= 11 is 2.77. The number of aromatic nitrogens is 1. The number of fused-ring (bicyclic) bond motifs is 1. The van der Waals surface area contributed by atoms with Gasteiger partial charge in [0.05, 0.1) is 12.2 Å². The Labute approximate surface area is 183 Å². The summed E-state index contributed by atoms with van der Waals surface area (Å²) in [6.07, 6.45) is 3.64. The van der Waals surface area contributed by atoms with E-state index in [2.05, 4.69) is 14.7 Å². The van der Waals surface area contributed by atoms with Crippen molar-refractivity contribution in [2.24, 2.45) is 10.1 Å². The van der Waals surface area contributed by atoms with E-state index in [1.54, 1.807) is 6.08 Å². The second-order valence-corrected chi connectivity index (χ2v) is 8.69. The first-order valence-corrected chi connectivity index (χ1v) is 11.4. The van der Waals surface area contributed by atoms with E-state index in [0.29, 0.717) is 11.8 Å². The number of rotatable bonds is 4. The third-order valence-corrected chi connectivity index (χ3v) is 6.67. The number of hydrogen-bond donors (Lipinski definition) is 1. The first kappa shape index (κ1) is 20.5. The van der Waals surface area contributed by atoms with Gasteiger partial charge >= 0.3 is 0 Å². The van der Waals surface area contributed by atoms with E-state index in [1.807, 2.05) is 57.4 Å². The van der Waals surface area contributed by atoms with Gasteiger partial charge in [-0.2, -0.15) is 10.0 Å². The Kier molecular flexibility index (Phi) is 5.57. The number of carbonyl (C=O) groups is 1. The highest BCUT2D eigenvalue weighted by Gasteiger charge is 2.35. The van der Waals surface area contributed by atoms with E-state index in [9.17, 15) is 4.79 Å². The Balaban J connectivity index is 1.70. The third kappa shape index (κ3) is 3.59. The van der Waals surface area contributed by atoms with E-state index in [4.69, 9.17) is 10.1 Å². The highest BCUT2D eigenvalue weighted by molar-refractivity contribution is 8.45. The summed E-state index contributed by atoms with van der Waals surface area (Å²) in [7, 11) is 0. The first-order chi connectivity index (χ1) is 14.4. The predicted molar refractivity (Wildman–Crippen MR) is 125 cm³/mol. The number of amides is 1. The zero-order valence-electron chi connectivity index (χ0n) is 17.1. The Morgan fingerprint density at radius 3 is 2.67 bits per heavy atom. The molecule has 0 fully saturated rings. The fourth-order valence-electron chi connectivity index (χ4n) is 3.40. The third-order valence-electron chi connectivity index (χ3n) is 4.79. The highest BCUT2D eigenvalue weighted by atomic mass is 32.2. The van der Waals surface area contributed by atoms with Crippen LogP contribution < -0.4 is 4.74 Å². The minimum atomic E-state index is -0.415. The molecule has 154 valence electrons. The van der Waals surface area contributed by atoms with Gasteiger partial charge in [0.2, 0.25) is 5.17 Å². The fourth-order valence-corrected chi connectivity index (χ4v) is 4.75. The summed E-state index contributed by atoms with van der Waals surface area (Å²) in [6, 6.07) is 9.91.